The number of aryl methyl sites for hydroxylation is 3. The van der Waals surface area contributed by atoms with Crippen molar-refractivity contribution in [1.82, 2.24) is 9.55 Å². The van der Waals surface area contributed by atoms with Crippen LogP contribution in [0.2, 0.25) is 0 Å². The van der Waals surface area contributed by atoms with E-state index in [1.165, 1.54) is 16.7 Å². The van der Waals surface area contributed by atoms with Crippen LogP contribution in [0.1, 0.15) is 16.7 Å². The van der Waals surface area contributed by atoms with Crippen LogP contribution in [0, 0.1) is 13.8 Å². The zero-order valence-electron chi connectivity index (χ0n) is 15.4. The van der Waals surface area contributed by atoms with Crippen molar-refractivity contribution in [2.75, 3.05) is 0 Å². The summed E-state index contributed by atoms with van der Waals surface area (Å²) >= 11 is 0. The molecule has 0 N–H and O–H groups in total. The normalized spacial score (nSPS) is 11.0. The third-order valence-corrected chi connectivity index (χ3v) is 4.85. The first-order chi connectivity index (χ1) is 12.6. The van der Waals surface area contributed by atoms with E-state index in [0.29, 0.717) is 6.61 Å². The Hall–Kier alpha value is -3.07. The number of aromatic nitrogens is 2. The molecular weight excluding hydrogens is 320 g/mol. The van der Waals surface area contributed by atoms with Crippen molar-refractivity contribution in [3.63, 3.8) is 0 Å². The van der Waals surface area contributed by atoms with Crippen LogP contribution in [0.3, 0.4) is 0 Å². The van der Waals surface area contributed by atoms with E-state index in [4.69, 9.17) is 4.74 Å². The minimum absolute atomic E-state index is 0.539. The van der Waals surface area contributed by atoms with Gasteiger partial charge < -0.3 is 9.30 Å². The molecule has 3 aromatic carbocycles. The molecule has 0 spiro atoms. The van der Waals surface area contributed by atoms with Crippen LogP contribution in [-0.4, -0.2) is 9.55 Å². The van der Waals surface area contributed by atoms with Gasteiger partial charge in [0.1, 0.15) is 17.9 Å². The summed E-state index contributed by atoms with van der Waals surface area (Å²) < 4.78 is 8.21. The van der Waals surface area contributed by atoms with Gasteiger partial charge in [-0.05, 0) is 53.8 Å². The highest BCUT2D eigenvalue weighted by Crippen LogP contribution is 2.33. The van der Waals surface area contributed by atoms with Gasteiger partial charge in [0.15, 0.2) is 0 Å². The van der Waals surface area contributed by atoms with E-state index in [9.17, 15) is 0 Å². The van der Waals surface area contributed by atoms with E-state index in [-0.39, 0.29) is 0 Å². The van der Waals surface area contributed by atoms with Gasteiger partial charge in [0.25, 0.3) is 0 Å². The zero-order valence-corrected chi connectivity index (χ0v) is 15.4. The Kier molecular flexibility index (Phi) is 4.21. The maximum absolute atomic E-state index is 6.20. The maximum atomic E-state index is 6.20. The van der Waals surface area contributed by atoms with E-state index in [1.54, 1.807) is 0 Å². The summed E-state index contributed by atoms with van der Waals surface area (Å²) in [6.45, 7) is 4.82. The summed E-state index contributed by atoms with van der Waals surface area (Å²) in [4.78, 5) is 4.54. The van der Waals surface area contributed by atoms with Crippen molar-refractivity contribution in [3.8, 4) is 16.9 Å². The predicted molar refractivity (Wildman–Crippen MR) is 106 cm³/mol. The number of rotatable bonds is 4. The van der Waals surface area contributed by atoms with Crippen molar-refractivity contribution in [1.29, 1.82) is 0 Å². The lowest BCUT2D eigenvalue weighted by molar-refractivity contribution is 0.309. The summed E-state index contributed by atoms with van der Waals surface area (Å²) in [7, 11) is 2.00. The molecule has 0 saturated heterocycles. The molecule has 26 heavy (non-hydrogen) atoms. The molecule has 3 nitrogen and oxygen atoms in total. The van der Waals surface area contributed by atoms with E-state index in [2.05, 4.69) is 61.3 Å². The van der Waals surface area contributed by atoms with Gasteiger partial charge in [-0.25, -0.2) is 4.98 Å². The molecule has 0 saturated carbocycles. The highest BCUT2D eigenvalue weighted by Gasteiger charge is 2.12. The van der Waals surface area contributed by atoms with Gasteiger partial charge in [-0.2, -0.15) is 0 Å². The number of nitrogens with zero attached hydrogens (tertiary/aromatic N) is 2. The van der Waals surface area contributed by atoms with Crippen LogP contribution < -0.4 is 4.74 Å². The average molecular weight is 342 g/mol. The molecule has 0 bridgehead atoms. The summed E-state index contributed by atoms with van der Waals surface area (Å²) in [5.41, 5.74) is 8.02. The summed E-state index contributed by atoms with van der Waals surface area (Å²) in [6.07, 6.45) is 1.84. The topological polar surface area (TPSA) is 27.1 Å². The van der Waals surface area contributed by atoms with Crippen LogP contribution in [0.25, 0.3) is 22.2 Å². The lowest BCUT2D eigenvalue weighted by atomic mass is 10.00. The molecule has 0 aliphatic rings. The van der Waals surface area contributed by atoms with Gasteiger partial charge in [-0.1, -0.05) is 48.5 Å². The number of imidazole rings is 1. The number of hydrogen-bond acceptors (Lipinski definition) is 2. The lowest BCUT2D eigenvalue weighted by Crippen LogP contribution is -1.98. The molecule has 0 atom stereocenters. The summed E-state index contributed by atoms with van der Waals surface area (Å²) in [6, 6.07) is 21.0. The largest absolute Gasteiger partial charge is 0.487 e. The Morgan fingerprint density at radius 1 is 0.885 bits per heavy atom. The van der Waals surface area contributed by atoms with E-state index < -0.39 is 0 Å². The molecular formula is C23H22N2O. The van der Waals surface area contributed by atoms with Crippen molar-refractivity contribution in [2.24, 2.45) is 7.05 Å². The second kappa shape index (κ2) is 6.68. The minimum Gasteiger partial charge on any atom is -0.487 e. The lowest BCUT2D eigenvalue weighted by Gasteiger charge is -2.12. The second-order valence-corrected chi connectivity index (χ2v) is 6.77. The summed E-state index contributed by atoms with van der Waals surface area (Å²) in [5.74, 6) is 0.861. The van der Waals surface area contributed by atoms with Crippen molar-refractivity contribution >= 4 is 11.0 Å². The third-order valence-electron chi connectivity index (χ3n) is 4.85. The third kappa shape index (κ3) is 3.08. The van der Waals surface area contributed by atoms with Gasteiger partial charge >= 0.3 is 0 Å². The quantitative estimate of drug-likeness (QED) is 0.494. The smallest absolute Gasteiger partial charge is 0.146 e. The highest BCUT2D eigenvalue weighted by molar-refractivity contribution is 5.88. The number of ether oxygens (including phenoxy) is 1. The Morgan fingerprint density at radius 2 is 1.69 bits per heavy atom. The van der Waals surface area contributed by atoms with E-state index >= 15 is 0 Å². The van der Waals surface area contributed by atoms with Crippen LogP contribution in [0.15, 0.2) is 67.0 Å². The van der Waals surface area contributed by atoms with E-state index in [1.807, 2.05) is 36.1 Å². The van der Waals surface area contributed by atoms with Gasteiger partial charge in [-0.3, -0.25) is 0 Å². The molecule has 4 aromatic rings. The van der Waals surface area contributed by atoms with Crippen molar-refractivity contribution in [2.45, 2.75) is 20.5 Å². The first kappa shape index (κ1) is 16.4. The number of hydrogen-bond donors (Lipinski definition) is 0. The van der Waals surface area contributed by atoms with Gasteiger partial charge in [0.05, 0.1) is 11.8 Å². The van der Waals surface area contributed by atoms with Crippen LogP contribution in [0.4, 0.5) is 0 Å². The molecule has 0 aliphatic carbocycles. The van der Waals surface area contributed by atoms with Crippen molar-refractivity contribution < 1.29 is 4.74 Å². The Morgan fingerprint density at radius 3 is 2.46 bits per heavy atom. The molecule has 3 heteroatoms. The minimum atomic E-state index is 0.539. The first-order valence-electron chi connectivity index (χ1n) is 8.81. The van der Waals surface area contributed by atoms with E-state index in [0.717, 1.165) is 27.9 Å². The number of benzene rings is 3. The second-order valence-electron chi connectivity index (χ2n) is 6.77. The average Bonchev–Trinajstić information content (AvgIpc) is 3.04. The predicted octanol–water partition coefficient (Wildman–Crippen LogP) is 5.44. The van der Waals surface area contributed by atoms with Crippen LogP contribution >= 0.6 is 0 Å². The first-order valence-corrected chi connectivity index (χ1v) is 8.81. The molecule has 130 valence electrons. The Bertz CT molecular complexity index is 1060. The molecule has 4 rings (SSSR count). The molecule has 0 radical (unpaired) electrons. The number of fused-ring (bicyclic) bond motifs is 1. The fourth-order valence-corrected chi connectivity index (χ4v) is 3.19. The molecule has 0 fully saturated rings. The molecule has 1 heterocycles. The van der Waals surface area contributed by atoms with Crippen molar-refractivity contribution in [3.05, 3.63) is 83.7 Å². The fraction of sp³-hybridized carbons (Fsp3) is 0.174. The van der Waals surface area contributed by atoms with Gasteiger partial charge in [0, 0.05) is 7.05 Å². The highest BCUT2D eigenvalue weighted by atomic mass is 16.5. The molecule has 0 unspecified atom stereocenters. The summed E-state index contributed by atoms with van der Waals surface area (Å²) in [5, 5.41) is 0. The Balaban J connectivity index is 1.77. The molecule has 1 aromatic heterocycles. The molecule has 0 aliphatic heterocycles. The van der Waals surface area contributed by atoms with Crippen LogP contribution in [-0.2, 0) is 13.7 Å². The van der Waals surface area contributed by atoms with Crippen LogP contribution in [0.5, 0.6) is 5.75 Å². The Labute approximate surface area is 153 Å². The monoisotopic (exact) mass is 342 g/mol. The fourth-order valence-electron chi connectivity index (χ4n) is 3.19. The van der Waals surface area contributed by atoms with Gasteiger partial charge in [-0.15, -0.1) is 0 Å². The van der Waals surface area contributed by atoms with Gasteiger partial charge in [0.2, 0.25) is 0 Å². The SMILES string of the molecule is Cc1ccc(-c2cc(OCc3ccccc3)c3c(c2)ncn3C)cc1C. The maximum Gasteiger partial charge on any atom is 0.146 e. The molecule has 0 amide bonds. The standard InChI is InChI=1S/C23H22N2O/c1-16-9-10-19(11-17(16)2)20-12-21-23(25(3)15-24-21)22(13-20)26-14-18-7-5-4-6-8-18/h4-13,15H,14H2,1-3H3. The zero-order chi connectivity index (χ0) is 18.1.